The molecule has 4 nitrogen and oxygen atoms in total. The minimum absolute atomic E-state index is 0.203. The minimum Gasteiger partial charge on any atom is -0.481 e. The van der Waals surface area contributed by atoms with Crippen molar-refractivity contribution >= 4 is 22.7 Å². The van der Waals surface area contributed by atoms with E-state index in [1.54, 1.807) is 24.3 Å². The highest BCUT2D eigenvalue weighted by Gasteiger charge is 2.08. The van der Waals surface area contributed by atoms with E-state index in [4.69, 9.17) is 11.2 Å². The zero-order valence-corrected chi connectivity index (χ0v) is 12.6. The van der Waals surface area contributed by atoms with Crippen LogP contribution in [0.2, 0.25) is 0 Å². The van der Waals surface area contributed by atoms with Crippen LogP contribution in [0.1, 0.15) is 11.4 Å². The number of hydrogen-bond donors (Lipinski definition) is 1. The molecule has 0 amide bonds. The Bertz CT molecular complexity index is 988. The maximum Gasteiger partial charge on any atom is 0.149 e. The Hall–Kier alpha value is -3.57. The lowest BCUT2D eigenvalue weighted by molar-refractivity contribution is 0.370. The fourth-order valence-electron chi connectivity index (χ4n) is 2.21. The number of allylic oxidation sites excluding steroid dienone is 1. The first-order valence-electron chi connectivity index (χ1n) is 7.13. The number of halogens is 1. The third-order valence-corrected chi connectivity index (χ3v) is 3.33. The molecule has 0 radical (unpaired) electrons. The van der Waals surface area contributed by atoms with Crippen LogP contribution < -0.4 is 4.74 Å². The molecule has 0 saturated heterocycles. The van der Waals surface area contributed by atoms with Crippen LogP contribution in [0, 0.1) is 29.5 Å². The van der Waals surface area contributed by atoms with E-state index >= 15 is 0 Å². The van der Waals surface area contributed by atoms with E-state index in [0.717, 1.165) is 5.56 Å². The van der Waals surface area contributed by atoms with Gasteiger partial charge in [0.2, 0.25) is 0 Å². The van der Waals surface area contributed by atoms with Crippen molar-refractivity contribution in [1.82, 2.24) is 9.97 Å². The van der Waals surface area contributed by atoms with Crippen molar-refractivity contribution in [3.05, 3.63) is 59.7 Å². The number of aromatic amines is 1. The van der Waals surface area contributed by atoms with E-state index in [1.165, 1.54) is 12.1 Å². The van der Waals surface area contributed by atoms with E-state index in [0.29, 0.717) is 28.2 Å². The molecule has 3 aromatic rings. The normalized spacial score (nSPS) is 11.0. The summed E-state index contributed by atoms with van der Waals surface area (Å²) in [7, 11) is 0. The third kappa shape index (κ3) is 3.26. The highest BCUT2D eigenvalue weighted by atomic mass is 19.1. The zero-order valence-electron chi connectivity index (χ0n) is 12.6. The van der Waals surface area contributed by atoms with Gasteiger partial charge in [0.1, 0.15) is 30.1 Å². The molecule has 0 unspecified atom stereocenters. The summed E-state index contributed by atoms with van der Waals surface area (Å²) in [6.45, 7) is 0.203. The van der Waals surface area contributed by atoms with Crippen molar-refractivity contribution in [2.45, 2.75) is 0 Å². The SMILES string of the molecule is C#CCOc1ccc(/C=C(/C#N)c2nc3ccc(F)cc3[nH]2)cc1. The van der Waals surface area contributed by atoms with E-state index < -0.39 is 0 Å². The van der Waals surface area contributed by atoms with Crippen LogP contribution in [0.4, 0.5) is 4.39 Å². The summed E-state index contributed by atoms with van der Waals surface area (Å²) in [5, 5.41) is 9.39. The van der Waals surface area contributed by atoms with Gasteiger partial charge in [0.05, 0.1) is 16.6 Å². The molecule has 0 spiro atoms. The van der Waals surface area contributed by atoms with Gasteiger partial charge in [-0.25, -0.2) is 9.37 Å². The number of H-pyrrole nitrogens is 1. The Morgan fingerprint density at radius 3 is 2.79 bits per heavy atom. The standard InChI is InChI=1S/C19H12FN3O/c1-2-9-24-16-6-3-13(4-7-16)10-14(12-21)19-22-17-8-5-15(20)11-18(17)23-19/h1,3-8,10-11H,9H2,(H,22,23)/b14-10-. The molecular weight excluding hydrogens is 305 g/mol. The van der Waals surface area contributed by atoms with Crippen LogP contribution in [0.15, 0.2) is 42.5 Å². The van der Waals surface area contributed by atoms with Gasteiger partial charge < -0.3 is 9.72 Å². The van der Waals surface area contributed by atoms with Gasteiger partial charge in [0, 0.05) is 0 Å². The largest absolute Gasteiger partial charge is 0.481 e. The fourth-order valence-corrected chi connectivity index (χ4v) is 2.21. The number of nitriles is 1. The molecule has 1 heterocycles. The number of aromatic nitrogens is 2. The van der Waals surface area contributed by atoms with Crippen LogP contribution in [0.25, 0.3) is 22.7 Å². The highest BCUT2D eigenvalue weighted by molar-refractivity contribution is 5.90. The lowest BCUT2D eigenvalue weighted by Crippen LogP contribution is -1.92. The minimum atomic E-state index is -0.359. The monoisotopic (exact) mass is 317 g/mol. The van der Waals surface area contributed by atoms with Crippen LogP contribution in [-0.4, -0.2) is 16.6 Å². The third-order valence-electron chi connectivity index (χ3n) is 3.33. The molecule has 1 N–H and O–H groups in total. The zero-order chi connectivity index (χ0) is 16.9. The molecule has 0 aliphatic heterocycles. The van der Waals surface area contributed by atoms with Gasteiger partial charge in [-0.15, -0.1) is 6.42 Å². The molecule has 1 aromatic heterocycles. The Balaban J connectivity index is 1.91. The lowest BCUT2D eigenvalue weighted by Gasteiger charge is -2.02. The molecule has 0 saturated carbocycles. The fraction of sp³-hybridized carbons (Fsp3) is 0.0526. The summed E-state index contributed by atoms with van der Waals surface area (Å²) >= 11 is 0. The number of terminal acetylenes is 1. The summed E-state index contributed by atoms with van der Waals surface area (Å²) in [4.78, 5) is 7.28. The van der Waals surface area contributed by atoms with Gasteiger partial charge >= 0.3 is 0 Å². The van der Waals surface area contributed by atoms with Gasteiger partial charge in [0.25, 0.3) is 0 Å². The second kappa shape index (κ2) is 6.68. The quantitative estimate of drug-likeness (QED) is 0.588. The van der Waals surface area contributed by atoms with Gasteiger partial charge in [-0.1, -0.05) is 18.1 Å². The number of nitrogens with one attached hydrogen (secondary N) is 1. The van der Waals surface area contributed by atoms with Crippen LogP contribution >= 0.6 is 0 Å². The topological polar surface area (TPSA) is 61.7 Å². The molecule has 116 valence electrons. The summed E-state index contributed by atoms with van der Waals surface area (Å²) in [6.07, 6.45) is 6.83. The van der Waals surface area contributed by atoms with Crippen molar-refractivity contribution in [3.63, 3.8) is 0 Å². The summed E-state index contributed by atoms with van der Waals surface area (Å²) in [5.41, 5.74) is 2.31. The maximum atomic E-state index is 13.3. The number of hydrogen-bond acceptors (Lipinski definition) is 3. The molecule has 0 fully saturated rings. The van der Waals surface area contributed by atoms with Crippen molar-refractivity contribution in [2.24, 2.45) is 0 Å². The molecule has 3 rings (SSSR count). The Morgan fingerprint density at radius 2 is 2.08 bits per heavy atom. The number of rotatable bonds is 4. The summed E-state index contributed by atoms with van der Waals surface area (Å²) in [6, 6.07) is 13.5. The van der Waals surface area contributed by atoms with Crippen LogP contribution in [0.3, 0.4) is 0 Å². The second-order valence-electron chi connectivity index (χ2n) is 4.98. The smallest absolute Gasteiger partial charge is 0.149 e. The van der Waals surface area contributed by atoms with Gasteiger partial charge in [-0.3, -0.25) is 0 Å². The number of fused-ring (bicyclic) bond motifs is 1. The molecular formula is C19H12FN3O. The number of imidazole rings is 1. The Morgan fingerprint density at radius 1 is 1.29 bits per heavy atom. The molecule has 0 bridgehead atoms. The summed E-state index contributed by atoms with van der Waals surface area (Å²) < 4.78 is 18.6. The second-order valence-corrected chi connectivity index (χ2v) is 4.98. The molecule has 0 aliphatic rings. The lowest BCUT2D eigenvalue weighted by atomic mass is 10.1. The Labute approximate surface area is 138 Å². The molecule has 5 heteroatoms. The van der Waals surface area contributed by atoms with E-state index in [9.17, 15) is 9.65 Å². The molecule has 24 heavy (non-hydrogen) atoms. The molecule has 0 aliphatic carbocycles. The number of nitrogens with zero attached hydrogens (tertiary/aromatic N) is 2. The van der Waals surface area contributed by atoms with E-state index in [1.807, 2.05) is 12.1 Å². The van der Waals surface area contributed by atoms with Crippen molar-refractivity contribution in [3.8, 4) is 24.2 Å². The van der Waals surface area contributed by atoms with Gasteiger partial charge in [-0.05, 0) is 42.0 Å². The molecule has 0 atom stereocenters. The first-order chi connectivity index (χ1) is 11.7. The van der Waals surface area contributed by atoms with E-state index in [-0.39, 0.29) is 12.4 Å². The first-order valence-corrected chi connectivity index (χ1v) is 7.13. The average molecular weight is 317 g/mol. The average Bonchev–Trinajstić information content (AvgIpc) is 3.01. The van der Waals surface area contributed by atoms with Crippen LogP contribution in [-0.2, 0) is 0 Å². The highest BCUT2D eigenvalue weighted by Crippen LogP contribution is 2.21. The van der Waals surface area contributed by atoms with Crippen LogP contribution in [0.5, 0.6) is 5.75 Å². The van der Waals surface area contributed by atoms with Crippen molar-refractivity contribution in [1.29, 1.82) is 5.26 Å². The van der Waals surface area contributed by atoms with Gasteiger partial charge in [-0.2, -0.15) is 5.26 Å². The predicted octanol–water partition coefficient (Wildman–Crippen LogP) is 3.78. The Kier molecular flexibility index (Phi) is 4.27. The van der Waals surface area contributed by atoms with Crippen molar-refractivity contribution < 1.29 is 9.13 Å². The maximum absolute atomic E-state index is 13.3. The first kappa shape index (κ1) is 15.3. The number of benzene rings is 2. The number of ether oxygens (including phenoxy) is 1. The predicted molar refractivity (Wildman–Crippen MR) is 90.3 cm³/mol. The summed E-state index contributed by atoms with van der Waals surface area (Å²) in [5.74, 6) is 3.09. The molecule has 2 aromatic carbocycles. The van der Waals surface area contributed by atoms with E-state index in [2.05, 4.69) is 22.0 Å². The van der Waals surface area contributed by atoms with Gasteiger partial charge in [0.15, 0.2) is 0 Å². The van der Waals surface area contributed by atoms with Crippen molar-refractivity contribution in [2.75, 3.05) is 6.61 Å².